The zero-order valence-electron chi connectivity index (χ0n) is 9.80. The fourth-order valence-corrected chi connectivity index (χ4v) is 2.20. The van der Waals surface area contributed by atoms with E-state index in [1.807, 2.05) is 16.7 Å². The lowest BCUT2D eigenvalue weighted by atomic mass is 10.00. The zero-order valence-corrected chi connectivity index (χ0v) is 9.80. The second-order valence-electron chi connectivity index (χ2n) is 3.96. The number of aromatic nitrogens is 3. The molecule has 0 aliphatic carbocycles. The fourth-order valence-electron chi connectivity index (χ4n) is 2.20. The molecule has 1 aliphatic rings. The molecule has 17 heavy (non-hydrogen) atoms. The molecule has 0 saturated carbocycles. The second kappa shape index (κ2) is 3.76. The van der Waals surface area contributed by atoms with E-state index < -0.39 is 0 Å². The van der Waals surface area contributed by atoms with Crippen LogP contribution in [0.5, 0.6) is 11.5 Å². The molecular formula is C12H13N3O2. The smallest absolute Gasteiger partial charge is 0.164 e. The topological polar surface area (TPSA) is 49.2 Å². The van der Waals surface area contributed by atoms with Crippen molar-refractivity contribution in [2.75, 3.05) is 14.2 Å². The van der Waals surface area contributed by atoms with Crippen LogP contribution in [0, 0.1) is 0 Å². The first-order chi connectivity index (χ1) is 8.33. The molecular weight excluding hydrogens is 218 g/mol. The molecule has 0 amide bonds. The molecule has 1 aromatic carbocycles. The Morgan fingerprint density at radius 1 is 1.18 bits per heavy atom. The molecule has 5 heteroatoms. The summed E-state index contributed by atoms with van der Waals surface area (Å²) in [7, 11) is 3.29. The van der Waals surface area contributed by atoms with Crippen molar-refractivity contribution in [3.63, 3.8) is 0 Å². The van der Waals surface area contributed by atoms with Gasteiger partial charge in [-0.15, -0.1) is 10.2 Å². The van der Waals surface area contributed by atoms with Gasteiger partial charge in [0.2, 0.25) is 0 Å². The first-order valence-electron chi connectivity index (χ1n) is 5.46. The van der Waals surface area contributed by atoms with E-state index in [2.05, 4.69) is 10.2 Å². The maximum absolute atomic E-state index is 5.31. The van der Waals surface area contributed by atoms with Crippen molar-refractivity contribution >= 4 is 0 Å². The SMILES string of the molecule is COc1cc2c(cc1OC)-c1nncn1CC2. The van der Waals surface area contributed by atoms with Crippen LogP contribution in [-0.2, 0) is 13.0 Å². The van der Waals surface area contributed by atoms with Crippen LogP contribution in [0.25, 0.3) is 11.4 Å². The van der Waals surface area contributed by atoms with Crippen molar-refractivity contribution in [2.45, 2.75) is 13.0 Å². The summed E-state index contributed by atoms with van der Waals surface area (Å²) in [6.07, 6.45) is 2.72. The first-order valence-corrected chi connectivity index (χ1v) is 5.46. The number of nitrogens with zero attached hydrogens (tertiary/aromatic N) is 3. The number of benzene rings is 1. The average Bonchev–Trinajstić information content (AvgIpc) is 2.85. The molecule has 0 saturated heterocycles. The maximum Gasteiger partial charge on any atom is 0.164 e. The Morgan fingerprint density at radius 3 is 2.71 bits per heavy atom. The highest BCUT2D eigenvalue weighted by atomic mass is 16.5. The van der Waals surface area contributed by atoms with Gasteiger partial charge in [-0.25, -0.2) is 0 Å². The largest absolute Gasteiger partial charge is 0.493 e. The summed E-state index contributed by atoms with van der Waals surface area (Å²) in [5.41, 5.74) is 2.30. The van der Waals surface area contributed by atoms with Crippen LogP contribution in [0.1, 0.15) is 5.56 Å². The predicted molar refractivity (Wildman–Crippen MR) is 62.3 cm³/mol. The number of aryl methyl sites for hydroxylation is 2. The summed E-state index contributed by atoms with van der Waals surface area (Å²) in [5, 5.41) is 8.09. The van der Waals surface area contributed by atoms with Crippen molar-refractivity contribution < 1.29 is 9.47 Å². The lowest BCUT2D eigenvalue weighted by Gasteiger charge is -2.19. The van der Waals surface area contributed by atoms with Gasteiger partial charge in [0.15, 0.2) is 17.3 Å². The van der Waals surface area contributed by atoms with Gasteiger partial charge in [-0.05, 0) is 24.1 Å². The molecule has 3 rings (SSSR count). The van der Waals surface area contributed by atoms with E-state index in [1.165, 1.54) is 5.56 Å². The minimum absolute atomic E-state index is 0.725. The van der Waals surface area contributed by atoms with Crippen LogP contribution in [0.4, 0.5) is 0 Å². The highest BCUT2D eigenvalue weighted by molar-refractivity contribution is 5.67. The van der Waals surface area contributed by atoms with Gasteiger partial charge < -0.3 is 14.0 Å². The zero-order chi connectivity index (χ0) is 11.8. The summed E-state index contributed by atoms with van der Waals surface area (Å²) in [6.45, 7) is 0.908. The number of hydrogen-bond donors (Lipinski definition) is 0. The van der Waals surface area contributed by atoms with Crippen molar-refractivity contribution in [3.8, 4) is 22.9 Å². The lowest BCUT2D eigenvalue weighted by Crippen LogP contribution is -2.10. The number of hydrogen-bond acceptors (Lipinski definition) is 4. The molecule has 5 nitrogen and oxygen atoms in total. The van der Waals surface area contributed by atoms with E-state index in [4.69, 9.17) is 9.47 Å². The summed E-state index contributed by atoms with van der Waals surface area (Å²) >= 11 is 0. The number of ether oxygens (including phenoxy) is 2. The molecule has 0 spiro atoms. The molecule has 2 aromatic rings. The van der Waals surface area contributed by atoms with Crippen molar-refractivity contribution in [3.05, 3.63) is 24.0 Å². The molecule has 1 aromatic heterocycles. The Kier molecular flexibility index (Phi) is 2.24. The standard InChI is InChI=1S/C12H13N3O2/c1-16-10-5-8-3-4-15-7-13-14-12(15)9(8)6-11(10)17-2/h5-7H,3-4H2,1-2H3. The minimum atomic E-state index is 0.725. The van der Waals surface area contributed by atoms with Gasteiger partial charge >= 0.3 is 0 Å². The number of methoxy groups -OCH3 is 2. The fraction of sp³-hybridized carbons (Fsp3) is 0.333. The van der Waals surface area contributed by atoms with Gasteiger partial charge in [0.1, 0.15) is 6.33 Å². The highest BCUT2D eigenvalue weighted by Gasteiger charge is 2.20. The van der Waals surface area contributed by atoms with Crippen LogP contribution < -0.4 is 9.47 Å². The van der Waals surface area contributed by atoms with Gasteiger partial charge in [-0.2, -0.15) is 0 Å². The Morgan fingerprint density at radius 2 is 1.94 bits per heavy atom. The van der Waals surface area contributed by atoms with E-state index in [0.29, 0.717) is 0 Å². The molecule has 0 fully saturated rings. The van der Waals surface area contributed by atoms with Crippen molar-refractivity contribution in [1.29, 1.82) is 0 Å². The van der Waals surface area contributed by atoms with E-state index in [9.17, 15) is 0 Å². The summed E-state index contributed by atoms with van der Waals surface area (Å²) < 4.78 is 12.7. The molecule has 0 atom stereocenters. The van der Waals surface area contributed by atoms with Crippen LogP contribution in [0.2, 0.25) is 0 Å². The average molecular weight is 231 g/mol. The normalized spacial score (nSPS) is 12.8. The van der Waals surface area contributed by atoms with Gasteiger partial charge in [0, 0.05) is 12.1 Å². The lowest BCUT2D eigenvalue weighted by molar-refractivity contribution is 0.354. The Bertz CT molecular complexity index is 563. The van der Waals surface area contributed by atoms with Gasteiger partial charge in [0.25, 0.3) is 0 Å². The molecule has 0 bridgehead atoms. The third-order valence-corrected chi connectivity index (χ3v) is 3.09. The molecule has 88 valence electrons. The van der Waals surface area contributed by atoms with E-state index >= 15 is 0 Å². The monoisotopic (exact) mass is 231 g/mol. The molecule has 0 radical (unpaired) electrons. The molecule has 0 N–H and O–H groups in total. The highest BCUT2D eigenvalue weighted by Crippen LogP contribution is 2.37. The number of fused-ring (bicyclic) bond motifs is 3. The van der Waals surface area contributed by atoms with Crippen LogP contribution >= 0.6 is 0 Å². The van der Waals surface area contributed by atoms with Crippen LogP contribution in [0.3, 0.4) is 0 Å². The Balaban J connectivity index is 2.20. The number of rotatable bonds is 2. The minimum Gasteiger partial charge on any atom is -0.493 e. The van der Waals surface area contributed by atoms with Gasteiger partial charge in [0.05, 0.1) is 14.2 Å². The van der Waals surface area contributed by atoms with E-state index in [-0.39, 0.29) is 0 Å². The van der Waals surface area contributed by atoms with Crippen LogP contribution in [-0.4, -0.2) is 29.0 Å². The van der Waals surface area contributed by atoms with Gasteiger partial charge in [-0.3, -0.25) is 0 Å². The van der Waals surface area contributed by atoms with E-state index in [0.717, 1.165) is 35.9 Å². The van der Waals surface area contributed by atoms with Gasteiger partial charge in [-0.1, -0.05) is 0 Å². The summed E-state index contributed by atoms with van der Waals surface area (Å²) in [4.78, 5) is 0. The molecule has 2 heterocycles. The van der Waals surface area contributed by atoms with E-state index in [1.54, 1.807) is 20.5 Å². The quantitative estimate of drug-likeness (QED) is 0.786. The Labute approximate surface area is 99.0 Å². The van der Waals surface area contributed by atoms with Crippen molar-refractivity contribution in [1.82, 2.24) is 14.8 Å². The first kappa shape index (κ1) is 10.1. The van der Waals surface area contributed by atoms with Crippen LogP contribution in [0.15, 0.2) is 18.5 Å². The molecule has 0 unspecified atom stereocenters. The molecule has 1 aliphatic heterocycles. The predicted octanol–water partition coefficient (Wildman–Crippen LogP) is 1.52. The maximum atomic E-state index is 5.31. The third-order valence-electron chi connectivity index (χ3n) is 3.09. The summed E-state index contributed by atoms with van der Waals surface area (Å²) in [6, 6.07) is 3.99. The second-order valence-corrected chi connectivity index (χ2v) is 3.96. The summed E-state index contributed by atoms with van der Waals surface area (Å²) in [5.74, 6) is 2.38. The van der Waals surface area contributed by atoms with Crippen molar-refractivity contribution in [2.24, 2.45) is 0 Å². The Hall–Kier alpha value is -2.04. The third kappa shape index (κ3) is 1.46.